The Kier molecular flexibility index (Phi) is 8.07. The van der Waals surface area contributed by atoms with Crippen LogP contribution in [0.25, 0.3) is 20.7 Å². The molecule has 0 aliphatic carbocycles. The predicted molar refractivity (Wildman–Crippen MR) is 153 cm³/mol. The van der Waals surface area contributed by atoms with Crippen LogP contribution in [0.5, 0.6) is 5.75 Å². The Bertz CT molecular complexity index is 1780. The smallest absolute Gasteiger partial charge is 0.406 e. The molecule has 0 saturated carbocycles. The van der Waals surface area contributed by atoms with Crippen molar-refractivity contribution in [1.29, 1.82) is 0 Å². The summed E-state index contributed by atoms with van der Waals surface area (Å²) in [5.41, 5.74) is 2.70. The summed E-state index contributed by atoms with van der Waals surface area (Å²) in [6, 6.07) is 15.0. The number of rotatable bonds is 6. The molecule has 2 aromatic heterocycles. The highest BCUT2D eigenvalue weighted by atomic mass is 19.4. The third-order valence-corrected chi connectivity index (χ3v) is 7.61. The van der Waals surface area contributed by atoms with Gasteiger partial charge in [0.15, 0.2) is 0 Å². The molecule has 12 heteroatoms. The lowest BCUT2D eigenvalue weighted by atomic mass is 9.93. The summed E-state index contributed by atoms with van der Waals surface area (Å²) in [6.45, 7) is 17.9. The summed E-state index contributed by atoms with van der Waals surface area (Å²) in [6.07, 6.45) is -4.84. The number of hydrogen-bond donors (Lipinski definition) is 0. The minimum absolute atomic E-state index is 0.0830. The molecule has 1 fully saturated rings. The normalized spacial score (nSPS) is 18.2. The van der Waals surface area contributed by atoms with E-state index in [2.05, 4.69) is 24.3 Å². The Morgan fingerprint density at radius 2 is 1.67 bits per heavy atom. The highest BCUT2D eigenvalue weighted by Crippen LogP contribution is 2.37. The minimum Gasteiger partial charge on any atom is -0.406 e. The van der Waals surface area contributed by atoms with Gasteiger partial charge in [0.05, 0.1) is 17.2 Å². The number of piperazine rings is 1. The van der Waals surface area contributed by atoms with Crippen molar-refractivity contribution < 1.29 is 22.3 Å². The molecule has 0 spiro atoms. The molecule has 8 nitrogen and oxygen atoms in total. The average Bonchev–Trinajstić information content (AvgIpc) is 2.97. The summed E-state index contributed by atoms with van der Waals surface area (Å²) in [5, 5.41) is 0. The van der Waals surface area contributed by atoms with Crippen LogP contribution in [0.2, 0.25) is 0 Å². The number of halogens is 4. The monoisotopic (exact) mass is 590 g/mol. The van der Waals surface area contributed by atoms with Crippen molar-refractivity contribution in [3.8, 4) is 5.75 Å². The molecular weight excluding hydrogens is 564 g/mol. The molecule has 3 atom stereocenters. The van der Waals surface area contributed by atoms with Gasteiger partial charge in [-0.25, -0.2) is 11.0 Å². The molecule has 220 valence electrons. The van der Waals surface area contributed by atoms with E-state index < -0.39 is 24.3 Å². The van der Waals surface area contributed by atoms with Crippen LogP contribution in [-0.2, 0) is 7.05 Å². The molecule has 0 N–H and O–H groups in total. The third-order valence-electron chi connectivity index (χ3n) is 7.61. The molecule has 0 amide bonds. The Hall–Kier alpha value is -4.94. The predicted octanol–water partition coefficient (Wildman–Crippen LogP) is 6.11. The van der Waals surface area contributed by atoms with E-state index in [0.717, 1.165) is 0 Å². The van der Waals surface area contributed by atoms with E-state index in [4.69, 9.17) is 13.1 Å². The van der Waals surface area contributed by atoms with E-state index in [1.807, 2.05) is 11.8 Å². The van der Waals surface area contributed by atoms with Gasteiger partial charge in [0.1, 0.15) is 17.6 Å². The zero-order valence-electron chi connectivity index (χ0n) is 23.2. The van der Waals surface area contributed by atoms with Crippen molar-refractivity contribution in [3.05, 3.63) is 117 Å². The Labute approximate surface area is 245 Å². The SMILES string of the molecule is [C-]#[N+]C[C@@H]1CN(c2cc(=O)n(C)c3ccc([N+]#[C-])nc23)[C@@H](C)CN1C(c1ccc(F)cc1)c1ccc(OC(F)(F)F)cc1. The summed E-state index contributed by atoms with van der Waals surface area (Å²) in [7, 11) is 1.63. The molecule has 5 rings (SSSR count). The van der Waals surface area contributed by atoms with Gasteiger partial charge in [-0.3, -0.25) is 9.69 Å². The molecule has 1 saturated heterocycles. The van der Waals surface area contributed by atoms with Crippen molar-refractivity contribution in [2.45, 2.75) is 31.4 Å². The van der Waals surface area contributed by atoms with Crippen LogP contribution in [0.15, 0.2) is 71.5 Å². The van der Waals surface area contributed by atoms with Crippen molar-refractivity contribution in [2.75, 3.05) is 24.5 Å². The number of aryl methyl sites for hydroxylation is 1. The number of benzene rings is 2. The number of fused-ring (bicyclic) bond motifs is 1. The minimum atomic E-state index is -4.84. The molecule has 1 unspecified atom stereocenters. The number of nitrogens with zero attached hydrogens (tertiary/aromatic N) is 6. The van der Waals surface area contributed by atoms with Crippen molar-refractivity contribution in [1.82, 2.24) is 14.5 Å². The fraction of sp³-hybridized carbons (Fsp3) is 0.290. The van der Waals surface area contributed by atoms with Gasteiger partial charge >= 0.3 is 6.36 Å². The maximum atomic E-state index is 13.9. The zero-order chi connectivity index (χ0) is 30.9. The number of pyridine rings is 2. The second kappa shape index (κ2) is 11.7. The largest absolute Gasteiger partial charge is 0.573 e. The third kappa shape index (κ3) is 6.15. The summed E-state index contributed by atoms with van der Waals surface area (Å²) in [5.74, 6) is -0.615. The van der Waals surface area contributed by atoms with Crippen LogP contribution in [0.4, 0.5) is 29.1 Å². The van der Waals surface area contributed by atoms with Gasteiger partial charge < -0.3 is 23.9 Å². The Balaban J connectivity index is 1.57. The van der Waals surface area contributed by atoms with Crippen LogP contribution in [0, 0.1) is 19.0 Å². The first-order chi connectivity index (χ1) is 20.5. The average molecular weight is 591 g/mol. The van der Waals surface area contributed by atoms with Gasteiger partial charge in [-0.05, 0) is 54.4 Å². The van der Waals surface area contributed by atoms with Gasteiger partial charge in [0.2, 0.25) is 12.1 Å². The van der Waals surface area contributed by atoms with Gasteiger partial charge in [-0.1, -0.05) is 30.8 Å². The molecule has 1 aliphatic heterocycles. The molecule has 43 heavy (non-hydrogen) atoms. The van der Waals surface area contributed by atoms with Crippen LogP contribution in [0.3, 0.4) is 0 Å². The summed E-state index contributed by atoms with van der Waals surface area (Å²) < 4.78 is 57.8. The lowest BCUT2D eigenvalue weighted by Crippen LogP contribution is -2.59. The number of hydrogen-bond acceptors (Lipinski definition) is 5. The van der Waals surface area contributed by atoms with Crippen LogP contribution >= 0.6 is 0 Å². The van der Waals surface area contributed by atoms with E-state index in [9.17, 15) is 22.4 Å². The Morgan fingerprint density at radius 1 is 1.02 bits per heavy atom. The highest BCUT2D eigenvalue weighted by Gasteiger charge is 2.40. The maximum Gasteiger partial charge on any atom is 0.573 e. The van der Waals surface area contributed by atoms with Crippen molar-refractivity contribution >= 4 is 22.5 Å². The second-order valence-corrected chi connectivity index (χ2v) is 10.3. The molecule has 0 radical (unpaired) electrons. The Morgan fingerprint density at radius 3 is 2.28 bits per heavy atom. The van der Waals surface area contributed by atoms with Gasteiger partial charge in [-0.2, -0.15) is 0 Å². The van der Waals surface area contributed by atoms with Gasteiger partial charge in [0.25, 0.3) is 11.4 Å². The molecule has 0 bridgehead atoms. The van der Waals surface area contributed by atoms with Gasteiger partial charge in [0, 0.05) is 32.2 Å². The van der Waals surface area contributed by atoms with E-state index in [0.29, 0.717) is 40.9 Å². The quantitative estimate of drug-likeness (QED) is 0.200. The number of anilines is 1. The maximum absolute atomic E-state index is 13.9. The lowest BCUT2D eigenvalue weighted by molar-refractivity contribution is -0.274. The van der Waals surface area contributed by atoms with Crippen molar-refractivity contribution in [2.24, 2.45) is 7.05 Å². The number of ether oxygens (including phenoxy) is 1. The fourth-order valence-electron chi connectivity index (χ4n) is 5.64. The summed E-state index contributed by atoms with van der Waals surface area (Å²) >= 11 is 0. The fourth-order valence-corrected chi connectivity index (χ4v) is 5.64. The zero-order valence-corrected chi connectivity index (χ0v) is 23.2. The second-order valence-electron chi connectivity index (χ2n) is 10.3. The topological polar surface area (TPSA) is 59.3 Å². The first-order valence-electron chi connectivity index (χ1n) is 13.3. The first-order valence-corrected chi connectivity index (χ1v) is 13.3. The lowest BCUT2D eigenvalue weighted by Gasteiger charge is -2.47. The molecule has 3 heterocycles. The van der Waals surface area contributed by atoms with E-state index in [-0.39, 0.29) is 29.7 Å². The van der Waals surface area contributed by atoms with Gasteiger partial charge in [-0.15, -0.1) is 18.2 Å². The van der Waals surface area contributed by atoms with Crippen molar-refractivity contribution in [3.63, 3.8) is 0 Å². The van der Waals surface area contributed by atoms with Crippen LogP contribution in [0.1, 0.15) is 24.1 Å². The van der Waals surface area contributed by atoms with Crippen LogP contribution in [-0.4, -0.2) is 52.5 Å². The molecule has 2 aromatic carbocycles. The molecule has 4 aromatic rings. The van der Waals surface area contributed by atoms with E-state index in [1.165, 1.54) is 47.0 Å². The molecule has 1 aliphatic rings. The van der Waals surface area contributed by atoms with E-state index in [1.54, 1.807) is 31.3 Å². The van der Waals surface area contributed by atoms with Crippen LogP contribution < -0.4 is 15.2 Å². The number of aromatic nitrogens is 2. The highest BCUT2D eigenvalue weighted by molar-refractivity contribution is 5.89. The summed E-state index contributed by atoms with van der Waals surface area (Å²) in [4.78, 5) is 28.7. The number of alkyl halides is 3. The van der Waals surface area contributed by atoms with E-state index >= 15 is 0 Å². The first kappa shape index (κ1) is 29.5. The standard InChI is InChI=1S/C31H26F4N6O2/c1-19-17-41(30(20-5-9-22(32)10-6-20)21-7-11-24(12-8-21)43-31(33,34)35)23(16-36-2)18-40(19)26-15-28(42)39(4)25-13-14-27(37-3)38-29(25)26/h5-15,19,23,30H,16-18H2,1,4H3/t19-,23+,30?/m0/s1. The molecular formula is C31H26F4N6O2.